The molecule has 1 aromatic carbocycles. The second-order valence-electron chi connectivity index (χ2n) is 3.30. The van der Waals surface area contributed by atoms with Gasteiger partial charge in [-0.2, -0.15) is 0 Å². The lowest BCUT2D eigenvalue weighted by molar-refractivity contribution is 0.372. The third kappa shape index (κ3) is 2.62. The molecule has 0 bridgehead atoms. The molecular formula is C10H14BrNO2. The van der Waals surface area contributed by atoms with Gasteiger partial charge in [-0.25, -0.2) is 0 Å². The van der Waals surface area contributed by atoms with Crippen LogP contribution in [0.4, 0.5) is 0 Å². The Morgan fingerprint density at radius 3 is 2.71 bits per heavy atom. The van der Waals surface area contributed by atoms with Crippen LogP contribution in [0.1, 0.15) is 12.5 Å². The molecule has 0 fully saturated rings. The number of phenols is 1. The van der Waals surface area contributed by atoms with E-state index in [1.807, 2.05) is 6.92 Å². The summed E-state index contributed by atoms with van der Waals surface area (Å²) in [6, 6.07) is 3.48. The van der Waals surface area contributed by atoms with Crippen LogP contribution < -0.4 is 10.5 Å². The third-order valence-corrected chi connectivity index (χ3v) is 2.63. The SMILES string of the molecule is COc1cc(Br)c(CC(C)N)cc1O. The smallest absolute Gasteiger partial charge is 0.161 e. The van der Waals surface area contributed by atoms with Crippen LogP contribution >= 0.6 is 15.9 Å². The molecule has 1 aromatic rings. The predicted octanol–water partition coefficient (Wildman–Crippen LogP) is 2.05. The fraction of sp³-hybridized carbons (Fsp3) is 0.400. The summed E-state index contributed by atoms with van der Waals surface area (Å²) >= 11 is 3.40. The zero-order valence-electron chi connectivity index (χ0n) is 8.25. The molecule has 0 radical (unpaired) electrons. The summed E-state index contributed by atoms with van der Waals surface area (Å²) in [7, 11) is 1.52. The number of rotatable bonds is 3. The van der Waals surface area contributed by atoms with Crippen molar-refractivity contribution < 1.29 is 9.84 Å². The zero-order valence-corrected chi connectivity index (χ0v) is 9.84. The average Bonchev–Trinajstić information content (AvgIpc) is 2.10. The van der Waals surface area contributed by atoms with Crippen LogP contribution in [-0.2, 0) is 6.42 Å². The van der Waals surface area contributed by atoms with Gasteiger partial charge in [-0.15, -0.1) is 0 Å². The number of methoxy groups -OCH3 is 1. The van der Waals surface area contributed by atoms with E-state index < -0.39 is 0 Å². The largest absolute Gasteiger partial charge is 0.504 e. The number of aromatic hydroxyl groups is 1. The lowest BCUT2D eigenvalue weighted by atomic mass is 10.1. The molecule has 1 atom stereocenters. The van der Waals surface area contributed by atoms with Gasteiger partial charge in [-0.1, -0.05) is 15.9 Å². The van der Waals surface area contributed by atoms with Crippen LogP contribution in [0.2, 0.25) is 0 Å². The van der Waals surface area contributed by atoms with Crippen molar-refractivity contribution in [2.75, 3.05) is 7.11 Å². The number of ether oxygens (including phenoxy) is 1. The van der Waals surface area contributed by atoms with E-state index in [0.717, 1.165) is 16.5 Å². The third-order valence-electron chi connectivity index (χ3n) is 1.89. The van der Waals surface area contributed by atoms with E-state index in [1.54, 1.807) is 12.1 Å². The molecule has 0 heterocycles. The Balaban J connectivity index is 3.02. The molecule has 0 aromatic heterocycles. The van der Waals surface area contributed by atoms with E-state index in [2.05, 4.69) is 15.9 Å². The fourth-order valence-electron chi connectivity index (χ4n) is 1.25. The van der Waals surface area contributed by atoms with Gasteiger partial charge < -0.3 is 15.6 Å². The van der Waals surface area contributed by atoms with Gasteiger partial charge in [0.15, 0.2) is 11.5 Å². The van der Waals surface area contributed by atoms with Crippen molar-refractivity contribution in [1.82, 2.24) is 0 Å². The van der Waals surface area contributed by atoms with E-state index >= 15 is 0 Å². The van der Waals surface area contributed by atoms with Crippen molar-refractivity contribution in [1.29, 1.82) is 0 Å². The lowest BCUT2D eigenvalue weighted by Crippen LogP contribution is -2.17. The standard InChI is InChI=1S/C10H14BrNO2/c1-6(12)3-7-4-9(13)10(14-2)5-8(7)11/h4-6,13H,3,12H2,1-2H3. The number of hydrogen-bond acceptors (Lipinski definition) is 3. The second kappa shape index (κ2) is 4.66. The summed E-state index contributed by atoms with van der Waals surface area (Å²) in [4.78, 5) is 0. The van der Waals surface area contributed by atoms with Crippen LogP contribution in [0.15, 0.2) is 16.6 Å². The van der Waals surface area contributed by atoms with Crippen LogP contribution in [0, 0.1) is 0 Å². The highest BCUT2D eigenvalue weighted by atomic mass is 79.9. The maximum atomic E-state index is 9.54. The molecule has 3 nitrogen and oxygen atoms in total. The first-order valence-electron chi connectivity index (χ1n) is 4.35. The molecule has 78 valence electrons. The quantitative estimate of drug-likeness (QED) is 0.874. The Labute approximate surface area is 92.0 Å². The lowest BCUT2D eigenvalue weighted by Gasteiger charge is -2.10. The first-order chi connectivity index (χ1) is 6.54. The molecular weight excluding hydrogens is 246 g/mol. The molecule has 1 rings (SSSR count). The minimum atomic E-state index is 0.0686. The van der Waals surface area contributed by atoms with Crippen molar-refractivity contribution in [2.24, 2.45) is 5.73 Å². The zero-order chi connectivity index (χ0) is 10.7. The molecule has 1 unspecified atom stereocenters. The summed E-state index contributed by atoms with van der Waals surface area (Å²) in [6.45, 7) is 1.92. The molecule has 0 spiro atoms. The summed E-state index contributed by atoms with van der Waals surface area (Å²) in [5.41, 5.74) is 6.66. The first-order valence-corrected chi connectivity index (χ1v) is 5.15. The van der Waals surface area contributed by atoms with Gasteiger partial charge in [0.1, 0.15) is 0 Å². The van der Waals surface area contributed by atoms with Gasteiger partial charge in [0.05, 0.1) is 7.11 Å². The van der Waals surface area contributed by atoms with Gasteiger partial charge in [0.2, 0.25) is 0 Å². The molecule has 0 amide bonds. The molecule has 3 N–H and O–H groups in total. The van der Waals surface area contributed by atoms with Gasteiger partial charge in [-0.05, 0) is 31.0 Å². The second-order valence-corrected chi connectivity index (χ2v) is 4.15. The number of halogens is 1. The highest BCUT2D eigenvalue weighted by Gasteiger charge is 2.09. The maximum absolute atomic E-state index is 9.54. The minimum Gasteiger partial charge on any atom is -0.504 e. The van der Waals surface area contributed by atoms with E-state index in [9.17, 15) is 5.11 Å². The Morgan fingerprint density at radius 2 is 2.21 bits per heavy atom. The molecule has 4 heteroatoms. The molecule has 0 saturated carbocycles. The number of benzene rings is 1. The van der Waals surface area contributed by atoms with Crippen molar-refractivity contribution in [3.63, 3.8) is 0 Å². The molecule has 0 saturated heterocycles. The van der Waals surface area contributed by atoms with Crippen molar-refractivity contribution in [3.05, 3.63) is 22.2 Å². The monoisotopic (exact) mass is 259 g/mol. The number of phenolic OH excluding ortho intramolecular Hbond substituents is 1. The van der Waals surface area contributed by atoms with Gasteiger partial charge in [-0.3, -0.25) is 0 Å². The van der Waals surface area contributed by atoms with E-state index in [-0.39, 0.29) is 11.8 Å². The van der Waals surface area contributed by atoms with Crippen LogP contribution in [0.5, 0.6) is 11.5 Å². The van der Waals surface area contributed by atoms with E-state index in [0.29, 0.717) is 5.75 Å². The van der Waals surface area contributed by atoms with Crippen LogP contribution in [-0.4, -0.2) is 18.3 Å². The maximum Gasteiger partial charge on any atom is 0.161 e. The highest BCUT2D eigenvalue weighted by Crippen LogP contribution is 2.32. The molecule has 0 aliphatic carbocycles. The summed E-state index contributed by atoms with van der Waals surface area (Å²) < 4.78 is 5.88. The average molecular weight is 260 g/mol. The van der Waals surface area contributed by atoms with Gasteiger partial charge in [0.25, 0.3) is 0 Å². The summed E-state index contributed by atoms with van der Waals surface area (Å²) in [5.74, 6) is 0.608. The molecule has 0 aliphatic heterocycles. The van der Waals surface area contributed by atoms with Crippen molar-refractivity contribution >= 4 is 15.9 Å². The number of nitrogens with two attached hydrogens (primary N) is 1. The summed E-state index contributed by atoms with van der Waals surface area (Å²) in [6.07, 6.45) is 0.720. The highest BCUT2D eigenvalue weighted by molar-refractivity contribution is 9.10. The fourth-order valence-corrected chi connectivity index (χ4v) is 1.74. The molecule has 14 heavy (non-hydrogen) atoms. The Morgan fingerprint density at radius 1 is 1.57 bits per heavy atom. The van der Waals surface area contributed by atoms with Crippen molar-refractivity contribution in [3.8, 4) is 11.5 Å². The predicted molar refractivity (Wildman–Crippen MR) is 59.7 cm³/mol. The van der Waals surface area contributed by atoms with Crippen LogP contribution in [0.25, 0.3) is 0 Å². The number of hydrogen-bond donors (Lipinski definition) is 2. The van der Waals surface area contributed by atoms with Gasteiger partial charge in [0, 0.05) is 10.5 Å². The van der Waals surface area contributed by atoms with E-state index in [1.165, 1.54) is 7.11 Å². The first kappa shape index (κ1) is 11.3. The Kier molecular flexibility index (Phi) is 3.77. The van der Waals surface area contributed by atoms with Crippen molar-refractivity contribution in [2.45, 2.75) is 19.4 Å². The van der Waals surface area contributed by atoms with Gasteiger partial charge >= 0.3 is 0 Å². The van der Waals surface area contributed by atoms with E-state index in [4.69, 9.17) is 10.5 Å². The Hall–Kier alpha value is -0.740. The van der Waals surface area contributed by atoms with Crippen LogP contribution in [0.3, 0.4) is 0 Å². The topological polar surface area (TPSA) is 55.5 Å². The Bertz CT molecular complexity index is 326. The summed E-state index contributed by atoms with van der Waals surface area (Å²) in [5, 5.41) is 9.54. The normalized spacial score (nSPS) is 12.6. The minimum absolute atomic E-state index is 0.0686. The molecule has 0 aliphatic rings.